The van der Waals surface area contributed by atoms with Crippen molar-refractivity contribution in [2.45, 2.75) is 12.8 Å². The third-order valence-electron chi connectivity index (χ3n) is 3.54. The lowest BCUT2D eigenvalue weighted by Crippen LogP contribution is -2.36. The first-order valence-electron chi connectivity index (χ1n) is 7.51. The monoisotopic (exact) mass is 367 g/mol. The molecule has 24 heavy (non-hydrogen) atoms. The molecule has 3 rings (SSSR count). The van der Waals surface area contributed by atoms with Crippen molar-refractivity contribution in [1.29, 1.82) is 0 Å². The van der Waals surface area contributed by atoms with Crippen molar-refractivity contribution in [3.63, 3.8) is 0 Å². The fourth-order valence-electron chi connectivity index (χ4n) is 2.39. The molecule has 1 aliphatic heterocycles. The van der Waals surface area contributed by atoms with Crippen LogP contribution in [0.3, 0.4) is 0 Å². The Hall–Kier alpha value is -1.91. The number of aromatic nitrogens is 3. The maximum atomic E-state index is 11.9. The zero-order valence-corrected chi connectivity index (χ0v) is 14.5. The van der Waals surface area contributed by atoms with Crippen LogP contribution >= 0.6 is 11.3 Å². The van der Waals surface area contributed by atoms with E-state index < -0.39 is 10.0 Å². The highest BCUT2D eigenvalue weighted by Gasteiger charge is 2.27. The average molecular weight is 367 g/mol. The van der Waals surface area contributed by atoms with Gasteiger partial charge in [0.25, 0.3) is 0 Å². The van der Waals surface area contributed by atoms with E-state index in [1.807, 2.05) is 0 Å². The lowest BCUT2D eigenvalue weighted by Gasteiger charge is -2.14. The van der Waals surface area contributed by atoms with E-state index in [1.54, 1.807) is 23.8 Å². The Labute approximate surface area is 144 Å². The van der Waals surface area contributed by atoms with Crippen LogP contribution in [0.5, 0.6) is 0 Å². The quantitative estimate of drug-likeness (QED) is 0.787. The summed E-state index contributed by atoms with van der Waals surface area (Å²) in [6, 6.07) is 1.73. The van der Waals surface area contributed by atoms with Crippen LogP contribution in [0.2, 0.25) is 0 Å². The minimum atomic E-state index is -3.11. The van der Waals surface area contributed by atoms with Crippen molar-refractivity contribution in [3.05, 3.63) is 29.5 Å². The van der Waals surface area contributed by atoms with E-state index in [4.69, 9.17) is 0 Å². The highest BCUT2D eigenvalue weighted by Crippen LogP contribution is 2.19. The molecule has 0 bridgehead atoms. The molecule has 0 aliphatic carbocycles. The summed E-state index contributed by atoms with van der Waals surface area (Å²) in [6.07, 6.45) is 4.08. The Balaban J connectivity index is 1.48. The van der Waals surface area contributed by atoms with Gasteiger partial charge in [-0.05, 0) is 12.5 Å². The number of thiazole rings is 1. The standard InChI is InChI=1S/C14H17N5O3S2/c20-12(15-5-7-19-6-2-8-24(19,21)22)9-11-10-23-14(18-11)13-16-3-1-4-17-13/h1,3-4,10H,2,5-9H2,(H,15,20). The van der Waals surface area contributed by atoms with Crippen LogP contribution in [0.4, 0.5) is 0 Å². The maximum Gasteiger partial charge on any atom is 0.226 e. The molecular weight excluding hydrogens is 350 g/mol. The molecule has 1 N–H and O–H groups in total. The zero-order valence-electron chi connectivity index (χ0n) is 12.9. The Morgan fingerprint density at radius 3 is 2.83 bits per heavy atom. The Morgan fingerprint density at radius 2 is 2.12 bits per heavy atom. The predicted octanol–water partition coefficient (Wildman–Crippen LogP) is 0.294. The minimum absolute atomic E-state index is 0.149. The number of rotatable bonds is 6. The van der Waals surface area contributed by atoms with Crippen molar-refractivity contribution in [3.8, 4) is 10.8 Å². The van der Waals surface area contributed by atoms with Gasteiger partial charge in [0.2, 0.25) is 15.9 Å². The summed E-state index contributed by atoms with van der Waals surface area (Å²) in [4.78, 5) is 24.5. The van der Waals surface area contributed by atoms with Crippen molar-refractivity contribution >= 4 is 27.3 Å². The predicted molar refractivity (Wildman–Crippen MR) is 89.8 cm³/mol. The molecule has 0 aromatic carbocycles. The smallest absolute Gasteiger partial charge is 0.226 e. The average Bonchev–Trinajstić information content (AvgIpc) is 3.15. The molecule has 0 unspecified atom stereocenters. The first-order valence-corrected chi connectivity index (χ1v) is 10.00. The van der Waals surface area contributed by atoms with Crippen molar-refractivity contribution < 1.29 is 13.2 Å². The summed E-state index contributed by atoms with van der Waals surface area (Å²) in [7, 11) is -3.11. The molecule has 10 heteroatoms. The number of nitrogens with zero attached hydrogens (tertiary/aromatic N) is 4. The molecular formula is C14H17N5O3S2. The summed E-state index contributed by atoms with van der Waals surface area (Å²) < 4.78 is 24.7. The molecule has 0 spiro atoms. The second-order valence-corrected chi connectivity index (χ2v) is 8.26. The number of sulfonamides is 1. The van der Waals surface area contributed by atoms with E-state index in [-0.39, 0.29) is 18.1 Å². The number of carbonyl (C=O) groups is 1. The van der Waals surface area contributed by atoms with Crippen molar-refractivity contribution in [2.75, 3.05) is 25.4 Å². The molecule has 1 aliphatic rings. The number of hydrogen-bond acceptors (Lipinski definition) is 7. The number of nitrogens with one attached hydrogen (secondary N) is 1. The third-order valence-corrected chi connectivity index (χ3v) is 6.38. The van der Waals surface area contributed by atoms with Gasteiger partial charge in [-0.25, -0.2) is 27.7 Å². The van der Waals surface area contributed by atoms with Gasteiger partial charge in [0.05, 0.1) is 17.9 Å². The summed E-state index contributed by atoms with van der Waals surface area (Å²) in [6.45, 7) is 1.15. The second kappa shape index (κ2) is 7.32. The lowest BCUT2D eigenvalue weighted by molar-refractivity contribution is -0.120. The third kappa shape index (κ3) is 4.13. The van der Waals surface area contributed by atoms with Gasteiger partial charge in [0, 0.05) is 37.4 Å². The number of hydrogen-bond donors (Lipinski definition) is 1. The van der Waals surface area contributed by atoms with Gasteiger partial charge >= 0.3 is 0 Å². The molecule has 0 saturated carbocycles. The molecule has 2 aromatic heterocycles. The van der Waals surface area contributed by atoms with Crippen LogP contribution in [0.25, 0.3) is 10.8 Å². The number of amides is 1. The van der Waals surface area contributed by atoms with Gasteiger partial charge in [-0.1, -0.05) is 0 Å². The van der Waals surface area contributed by atoms with Crippen molar-refractivity contribution in [1.82, 2.24) is 24.6 Å². The summed E-state index contributed by atoms with van der Waals surface area (Å²) in [5.74, 6) is 0.551. The van der Waals surface area contributed by atoms with Crippen LogP contribution < -0.4 is 5.32 Å². The molecule has 8 nitrogen and oxygen atoms in total. The molecule has 1 saturated heterocycles. The van der Waals surface area contributed by atoms with Gasteiger partial charge in [-0.2, -0.15) is 0 Å². The highest BCUT2D eigenvalue weighted by molar-refractivity contribution is 7.89. The SMILES string of the molecule is O=C(Cc1csc(-c2ncccn2)n1)NCCN1CCCS1(=O)=O. The van der Waals surface area contributed by atoms with Crippen LogP contribution in [0.15, 0.2) is 23.8 Å². The molecule has 3 heterocycles. The molecule has 128 valence electrons. The summed E-state index contributed by atoms with van der Waals surface area (Å²) in [5, 5.41) is 5.20. The van der Waals surface area contributed by atoms with Crippen molar-refractivity contribution in [2.24, 2.45) is 0 Å². The Bertz CT molecular complexity index is 807. The van der Waals surface area contributed by atoms with Gasteiger partial charge in [-0.15, -0.1) is 11.3 Å². The van der Waals surface area contributed by atoms with E-state index in [1.165, 1.54) is 15.6 Å². The second-order valence-electron chi connectivity index (χ2n) is 5.31. The lowest BCUT2D eigenvalue weighted by atomic mass is 10.3. The topological polar surface area (TPSA) is 105 Å². The molecule has 1 amide bonds. The first-order chi connectivity index (χ1) is 11.5. The summed E-state index contributed by atoms with van der Waals surface area (Å²) >= 11 is 1.38. The largest absolute Gasteiger partial charge is 0.354 e. The van der Waals surface area contributed by atoms with Gasteiger partial charge in [0.15, 0.2) is 10.8 Å². The Morgan fingerprint density at radius 1 is 1.33 bits per heavy atom. The van der Waals surface area contributed by atoms with Crippen LogP contribution in [-0.4, -0.2) is 59.0 Å². The molecule has 0 atom stereocenters. The van der Waals surface area contributed by atoms with Gasteiger partial charge in [0.1, 0.15) is 0 Å². The Kier molecular flexibility index (Phi) is 5.17. The highest BCUT2D eigenvalue weighted by atomic mass is 32.2. The van der Waals surface area contributed by atoms with E-state index in [0.717, 1.165) is 0 Å². The zero-order chi connectivity index (χ0) is 17.0. The molecule has 2 aromatic rings. The molecule has 1 fully saturated rings. The van der Waals surface area contributed by atoms with Gasteiger partial charge in [-0.3, -0.25) is 4.79 Å². The van der Waals surface area contributed by atoms with E-state index in [0.29, 0.717) is 42.6 Å². The minimum Gasteiger partial charge on any atom is -0.354 e. The van der Waals surface area contributed by atoms with E-state index >= 15 is 0 Å². The fraction of sp³-hybridized carbons (Fsp3) is 0.429. The fourth-order valence-corrected chi connectivity index (χ4v) is 4.68. The van der Waals surface area contributed by atoms with E-state index in [9.17, 15) is 13.2 Å². The number of carbonyl (C=O) groups excluding carboxylic acids is 1. The maximum absolute atomic E-state index is 11.9. The van der Waals surface area contributed by atoms with Crippen LogP contribution in [-0.2, 0) is 21.2 Å². The summed E-state index contributed by atoms with van der Waals surface area (Å²) in [5.41, 5.74) is 0.647. The van der Waals surface area contributed by atoms with Crippen LogP contribution in [0, 0.1) is 0 Å². The van der Waals surface area contributed by atoms with E-state index in [2.05, 4.69) is 20.3 Å². The normalized spacial score (nSPS) is 17.0. The van der Waals surface area contributed by atoms with Crippen LogP contribution in [0.1, 0.15) is 12.1 Å². The van der Waals surface area contributed by atoms with Gasteiger partial charge < -0.3 is 5.32 Å². The molecule has 0 radical (unpaired) electrons. The first kappa shape index (κ1) is 16.9.